The van der Waals surface area contributed by atoms with E-state index in [4.69, 9.17) is 4.52 Å². The molecule has 9 nitrogen and oxygen atoms in total. The summed E-state index contributed by atoms with van der Waals surface area (Å²) in [7, 11) is 0. The molecule has 3 amide bonds. The highest BCUT2D eigenvalue weighted by Gasteiger charge is 2.58. The van der Waals surface area contributed by atoms with Gasteiger partial charge in [-0.2, -0.15) is 4.98 Å². The topological polar surface area (TPSA) is 117 Å². The van der Waals surface area contributed by atoms with Crippen molar-refractivity contribution < 1.29 is 18.9 Å². The maximum Gasteiger partial charge on any atom is 0.251 e. The molecule has 2 N–H and O–H groups in total. The lowest BCUT2D eigenvalue weighted by Gasteiger charge is -2.26. The Hall–Kier alpha value is -3.23. The second kappa shape index (κ2) is 8.37. The summed E-state index contributed by atoms with van der Waals surface area (Å²) in [4.78, 5) is 43.3. The maximum absolute atomic E-state index is 12.9. The minimum absolute atomic E-state index is 0.0818. The number of nitrogens with zero attached hydrogens (tertiary/aromatic N) is 3. The van der Waals surface area contributed by atoms with E-state index in [-0.39, 0.29) is 35.6 Å². The third kappa shape index (κ3) is 4.11. The molecule has 170 valence electrons. The van der Waals surface area contributed by atoms with Crippen LogP contribution in [0.4, 0.5) is 5.69 Å². The van der Waals surface area contributed by atoms with E-state index in [9.17, 15) is 14.4 Å². The van der Waals surface area contributed by atoms with Gasteiger partial charge in [0.1, 0.15) is 0 Å². The molecule has 3 atom stereocenters. The number of hydrogen-bond donors (Lipinski definition) is 2. The first-order valence-corrected chi connectivity index (χ1v) is 11.0. The highest BCUT2D eigenvalue weighted by Crippen LogP contribution is 2.50. The lowest BCUT2D eigenvalue weighted by Crippen LogP contribution is -2.40. The van der Waals surface area contributed by atoms with E-state index < -0.39 is 5.41 Å². The molecule has 32 heavy (non-hydrogen) atoms. The van der Waals surface area contributed by atoms with Gasteiger partial charge in [0.15, 0.2) is 5.82 Å². The third-order valence-electron chi connectivity index (χ3n) is 6.41. The van der Waals surface area contributed by atoms with Gasteiger partial charge in [0.2, 0.25) is 17.7 Å². The minimum atomic E-state index is -0.457. The Labute approximate surface area is 186 Å². The zero-order valence-corrected chi connectivity index (χ0v) is 18.8. The Morgan fingerprint density at radius 2 is 2.06 bits per heavy atom. The zero-order valence-electron chi connectivity index (χ0n) is 18.8. The molecular weight excluding hydrogens is 410 g/mol. The summed E-state index contributed by atoms with van der Waals surface area (Å²) in [5.74, 6) is 0.873. The molecular formula is C23H29N5O4. The molecule has 2 heterocycles. The quantitative estimate of drug-likeness (QED) is 0.738. The Morgan fingerprint density at radius 1 is 1.28 bits per heavy atom. The van der Waals surface area contributed by atoms with Gasteiger partial charge in [-0.1, -0.05) is 25.1 Å². The molecule has 1 aliphatic heterocycles. The van der Waals surface area contributed by atoms with Gasteiger partial charge < -0.3 is 20.1 Å². The first-order valence-electron chi connectivity index (χ1n) is 11.0. The van der Waals surface area contributed by atoms with Crippen LogP contribution in [0.25, 0.3) is 0 Å². The van der Waals surface area contributed by atoms with Crippen LogP contribution in [0.1, 0.15) is 55.7 Å². The van der Waals surface area contributed by atoms with Crippen LogP contribution in [0.3, 0.4) is 0 Å². The van der Waals surface area contributed by atoms with Crippen LogP contribution < -0.4 is 10.6 Å². The van der Waals surface area contributed by atoms with Gasteiger partial charge >= 0.3 is 0 Å². The van der Waals surface area contributed by atoms with Gasteiger partial charge in [-0.15, -0.1) is 0 Å². The number of aromatic nitrogens is 2. The molecule has 9 heteroatoms. The summed E-state index contributed by atoms with van der Waals surface area (Å²) in [6, 6.07) is 6.77. The fourth-order valence-corrected chi connectivity index (χ4v) is 5.05. The summed E-state index contributed by atoms with van der Waals surface area (Å²) >= 11 is 0. The number of hydrogen-bond acceptors (Lipinski definition) is 6. The van der Waals surface area contributed by atoms with Crippen LogP contribution in [0.5, 0.6) is 0 Å². The zero-order chi connectivity index (χ0) is 23.0. The number of carbonyl (C=O) groups is 3. The highest BCUT2D eigenvalue weighted by atomic mass is 16.5. The predicted octanol–water partition coefficient (Wildman–Crippen LogP) is 2.28. The van der Waals surface area contributed by atoms with Gasteiger partial charge in [-0.3, -0.25) is 14.4 Å². The Balaban J connectivity index is 1.52. The molecule has 2 aliphatic rings. The number of fused-ring (bicyclic) bond motifs is 1. The molecule has 1 saturated carbocycles. The van der Waals surface area contributed by atoms with E-state index in [1.165, 1.54) is 6.92 Å². The molecule has 0 unspecified atom stereocenters. The third-order valence-corrected chi connectivity index (χ3v) is 6.41. The van der Waals surface area contributed by atoms with Crippen molar-refractivity contribution in [2.75, 3.05) is 18.4 Å². The number of anilines is 1. The van der Waals surface area contributed by atoms with Gasteiger partial charge in [-0.25, -0.2) is 0 Å². The van der Waals surface area contributed by atoms with Crippen LogP contribution in [0.2, 0.25) is 0 Å². The average molecular weight is 440 g/mol. The number of rotatable bonds is 5. The van der Waals surface area contributed by atoms with Gasteiger partial charge in [0.05, 0.1) is 5.41 Å². The normalized spacial score (nSPS) is 24.5. The van der Waals surface area contributed by atoms with Crippen LogP contribution in [0, 0.1) is 18.8 Å². The number of aryl methyl sites for hydroxylation is 1. The minimum Gasteiger partial charge on any atom is -0.349 e. The fraction of sp³-hybridized carbons (Fsp3) is 0.522. The van der Waals surface area contributed by atoms with Gasteiger partial charge in [0, 0.05) is 43.2 Å². The van der Waals surface area contributed by atoms with E-state index in [2.05, 4.69) is 20.8 Å². The smallest absolute Gasteiger partial charge is 0.251 e. The molecule has 1 aliphatic carbocycles. The molecule has 0 bridgehead atoms. The molecule has 2 aromatic rings. The number of nitrogens with one attached hydrogen (secondary N) is 2. The Kier molecular flexibility index (Phi) is 5.75. The maximum atomic E-state index is 12.9. The van der Waals surface area contributed by atoms with Crippen molar-refractivity contribution in [3.63, 3.8) is 0 Å². The number of benzene rings is 1. The average Bonchev–Trinajstić information content (AvgIpc) is 3.39. The van der Waals surface area contributed by atoms with E-state index in [1.54, 1.807) is 31.2 Å². The monoisotopic (exact) mass is 439 g/mol. The first-order chi connectivity index (χ1) is 15.2. The first kappa shape index (κ1) is 22.0. The Bertz CT molecular complexity index is 1050. The van der Waals surface area contributed by atoms with Crippen molar-refractivity contribution in [3.8, 4) is 0 Å². The van der Waals surface area contributed by atoms with E-state index in [0.29, 0.717) is 42.5 Å². The van der Waals surface area contributed by atoms with Crippen molar-refractivity contribution in [2.45, 2.75) is 52.0 Å². The van der Waals surface area contributed by atoms with Crippen LogP contribution >= 0.6 is 0 Å². The second-order valence-corrected chi connectivity index (χ2v) is 9.25. The molecule has 0 radical (unpaired) electrons. The standard InChI is InChI=1S/C23H29N5O4/c1-13(2)21(31)28-11-17-9-19(10-23(17,12-28)22-24-14(3)27-32-22)26-20(30)16-6-5-7-18(8-16)25-15(4)29/h5-8,13,17,19H,9-12H2,1-4H3,(H,25,29)(H,26,30)/t17-,19+,23-/m0/s1. The SMILES string of the molecule is CC(=O)Nc1cccc(C(=O)N[C@@H]2C[C@H]3CN(C(=O)C(C)C)C[C@@]3(c3nc(C)no3)C2)c1. The predicted molar refractivity (Wildman–Crippen MR) is 117 cm³/mol. The number of carbonyl (C=O) groups excluding carboxylic acids is 3. The van der Waals surface area contributed by atoms with Crippen molar-refractivity contribution in [1.82, 2.24) is 20.4 Å². The van der Waals surface area contributed by atoms with E-state index >= 15 is 0 Å². The molecule has 1 aromatic heterocycles. The van der Waals surface area contributed by atoms with Crippen LogP contribution in [-0.4, -0.2) is 51.9 Å². The summed E-state index contributed by atoms with van der Waals surface area (Å²) in [5.41, 5.74) is 0.601. The van der Waals surface area contributed by atoms with E-state index in [0.717, 1.165) is 6.42 Å². The summed E-state index contributed by atoms with van der Waals surface area (Å²) in [6.45, 7) is 8.14. The summed E-state index contributed by atoms with van der Waals surface area (Å²) in [6.07, 6.45) is 1.35. The summed E-state index contributed by atoms with van der Waals surface area (Å²) in [5, 5.41) is 9.80. The fourth-order valence-electron chi connectivity index (χ4n) is 5.05. The largest absolute Gasteiger partial charge is 0.349 e. The van der Waals surface area contributed by atoms with Crippen molar-refractivity contribution in [2.24, 2.45) is 11.8 Å². The Morgan fingerprint density at radius 3 is 2.72 bits per heavy atom. The van der Waals surface area contributed by atoms with Crippen molar-refractivity contribution in [1.29, 1.82) is 0 Å². The molecule has 2 fully saturated rings. The second-order valence-electron chi connectivity index (χ2n) is 9.25. The molecule has 1 aromatic carbocycles. The number of likely N-dealkylation sites (tertiary alicyclic amines) is 1. The van der Waals surface area contributed by atoms with Crippen molar-refractivity contribution in [3.05, 3.63) is 41.5 Å². The van der Waals surface area contributed by atoms with E-state index in [1.807, 2.05) is 18.7 Å². The van der Waals surface area contributed by atoms with Crippen molar-refractivity contribution >= 4 is 23.4 Å². The molecule has 1 saturated heterocycles. The highest BCUT2D eigenvalue weighted by molar-refractivity contribution is 5.97. The summed E-state index contributed by atoms with van der Waals surface area (Å²) < 4.78 is 5.58. The van der Waals surface area contributed by atoms with Gasteiger partial charge in [-0.05, 0) is 43.9 Å². The van der Waals surface area contributed by atoms with Crippen LogP contribution in [0.15, 0.2) is 28.8 Å². The lowest BCUT2D eigenvalue weighted by molar-refractivity contribution is -0.133. The molecule has 0 spiro atoms. The lowest BCUT2D eigenvalue weighted by atomic mass is 9.80. The van der Waals surface area contributed by atoms with Gasteiger partial charge in [0.25, 0.3) is 5.91 Å². The molecule has 4 rings (SSSR count). The van der Waals surface area contributed by atoms with Crippen LogP contribution in [-0.2, 0) is 15.0 Å². The number of amides is 3.